The highest BCUT2D eigenvalue weighted by Crippen LogP contribution is 2.26. The maximum Gasteiger partial charge on any atom is 0.312 e. The molecule has 128 valence electrons. The molecule has 7 heteroatoms. The Balaban J connectivity index is 1.49. The third kappa shape index (κ3) is 4.42. The molecule has 0 radical (unpaired) electrons. The summed E-state index contributed by atoms with van der Waals surface area (Å²) < 4.78 is 5.24. The van der Waals surface area contributed by atoms with Gasteiger partial charge in [-0.3, -0.25) is 9.59 Å². The summed E-state index contributed by atoms with van der Waals surface area (Å²) in [5, 5.41) is 9.71. The Morgan fingerprint density at radius 1 is 1.38 bits per heavy atom. The Morgan fingerprint density at radius 3 is 2.88 bits per heavy atom. The Hall–Kier alpha value is -1.73. The molecule has 1 N–H and O–H groups in total. The van der Waals surface area contributed by atoms with Crippen molar-refractivity contribution < 1.29 is 14.3 Å². The Labute approximate surface area is 149 Å². The predicted molar refractivity (Wildman–Crippen MR) is 95.1 cm³/mol. The predicted octanol–water partition coefficient (Wildman–Crippen LogP) is 3.40. The monoisotopic (exact) mass is 364 g/mol. The molecule has 0 spiro atoms. The van der Waals surface area contributed by atoms with E-state index < -0.39 is 12.1 Å². The Bertz CT molecular complexity index is 691. The lowest BCUT2D eigenvalue weighted by molar-refractivity contribution is -0.154. The number of hydrogen-bond acceptors (Lipinski definition) is 6. The molecule has 1 fully saturated rings. The van der Waals surface area contributed by atoms with Gasteiger partial charge in [-0.25, -0.2) is 4.98 Å². The molecule has 5 nitrogen and oxygen atoms in total. The summed E-state index contributed by atoms with van der Waals surface area (Å²) in [5.74, 6) is -0.640. The van der Waals surface area contributed by atoms with Crippen LogP contribution >= 0.6 is 22.7 Å². The number of carbonyl (C=O) groups excluding carboxylic acids is 2. The molecule has 0 aliphatic heterocycles. The average molecular weight is 364 g/mol. The quantitative estimate of drug-likeness (QED) is 0.798. The molecule has 2 aromatic heterocycles. The summed E-state index contributed by atoms with van der Waals surface area (Å²) in [6, 6.07) is 2.23. The van der Waals surface area contributed by atoms with Crippen LogP contribution in [0.25, 0.3) is 10.6 Å². The number of nitrogens with zero attached hydrogens (tertiary/aromatic N) is 1. The largest absolute Gasteiger partial charge is 0.452 e. The van der Waals surface area contributed by atoms with E-state index in [1.54, 1.807) is 18.3 Å². The standard InChI is InChI=1S/C17H20N2O3S2/c1-11(16(21)18-13-4-2-3-5-13)22-15(20)8-14-10-24-17(19-14)12-6-7-23-9-12/h6-7,9-11,13H,2-5,8H2,1H3,(H,18,21). The Kier molecular flexibility index (Phi) is 5.63. The van der Waals surface area contributed by atoms with Crippen LogP contribution < -0.4 is 5.32 Å². The van der Waals surface area contributed by atoms with Gasteiger partial charge in [-0.05, 0) is 31.2 Å². The van der Waals surface area contributed by atoms with Crippen molar-refractivity contribution >= 4 is 34.6 Å². The van der Waals surface area contributed by atoms with Crippen molar-refractivity contribution in [3.63, 3.8) is 0 Å². The number of thiophene rings is 1. The highest BCUT2D eigenvalue weighted by molar-refractivity contribution is 7.14. The third-order valence-corrected chi connectivity index (χ3v) is 5.65. The fourth-order valence-corrected chi connectivity index (χ4v) is 4.27. The lowest BCUT2D eigenvalue weighted by atomic mass is 10.2. The summed E-state index contributed by atoms with van der Waals surface area (Å²) in [5.41, 5.74) is 1.74. The van der Waals surface area contributed by atoms with E-state index in [4.69, 9.17) is 4.74 Å². The summed E-state index contributed by atoms with van der Waals surface area (Å²) in [4.78, 5) is 28.5. The zero-order valence-corrected chi connectivity index (χ0v) is 15.1. The number of aromatic nitrogens is 1. The summed E-state index contributed by atoms with van der Waals surface area (Å²) in [6.45, 7) is 1.61. The second-order valence-electron chi connectivity index (χ2n) is 5.95. The smallest absolute Gasteiger partial charge is 0.312 e. The van der Waals surface area contributed by atoms with E-state index in [-0.39, 0.29) is 18.4 Å². The van der Waals surface area contributed by atoms with Crippen molar-refractivity contribution in [3.05, 3.63) is 27.9 Å². The first kappa shape index (κ1) is 17.1. The summed E-state index contributed by atoms with van der Waals surface area (Å²) >= 11 is 3.12. The first-order chi connectivity index (χ1) is 11.6. The first-order valence-electron chi connectivity index (χ1n) is 8.08. The molecule has 1 amide bonds. The van der Waals surface area contributed by atoms with Crippen LogP contribution in [0.4, 0.5) is 0 Å². The molecule has 3 rings (SSSR count). The van der Waals surface area contributed by atoms with Gasteiger partial charge in [0.2, 0.25) is 0 Å². The highest BCUT2D eigenvalue weighted by Gasteiger charge is 2.23. The molecular formula is C17H20N2O3S2. The van der Waals surface area contributed by atoms with Crippen LogP contribution in [0, 0.1) is 0 Å². The molecule has 1 atom stereocenters. The van der Waals surface area contributed by atoms with Crippen molar-refractivity contribution in [3.8, 4) is 10.6 Å². The SMILES string of the molecule is CC(OC(=O)Cc1csc(-c2ccsc2)n1)C(=O)NC1CCCC1. The van der Waals surface area contributed by atoms with Crippen LogP contribution in [0.1, 0.15) is 38.3 Å². The van der Waals surface area contributed by atoms with Gasteiger partial charge < -0.3 is 10.1 Å². The minimum Gasteiger partial charge on any atom is -0.452 e. The van der Waals surface area contributed by atoms with Gasteiger partial charge in [0.05, 0.1) is 12.1 Å². The number of rotatable bonds is 6. The van der Waals surface area contributed by atoms with Gasteiger partial charge in [-0.2, -0.15) is 11.3 Å². The fraction of sp³-hybridized carbons (Fsp3) is 0.471. The van der Waals surface area contributed by atoms with Crippen LogP contribution in [0.2, 0.25) is 0 Å². The van der Waals surface area contributed by atoms with Crippen LogP contribution in [0.5, 0.6) is 0 Å². The number of amides is 1. The zero-order valence-electron chi connectivity index (χ0n) is 13.5. The van der Waals surface area contributed by atoms with Crippen LogP contribution in [-0.2, 0) is 20.7 Å². The van der Waals surface area contributed by atoms with Crippen molar-refractivity contribution in [2.24, 2.45) is 0 Å². The van der Waals surface area contributed by atoms with Gasteiger partial charge in [0.25, 0.3) is 5.91 Å². The normalized spacial score (nSPS) is 16.0. The number of carbonyl (C=O) groups is 2. The number of esters is 1. The highest BCUT2D eigenvalue weighted by atomic mass is 32.1. The number of hydrogen-bond donors (Lipinski definition) is 1. The maximum absolute atomic E-state index is 12.0. The topological polar surface area (TPSA) is 68.3 Å². The van der Waals surface area contributed by atoms with E-state index in [0.29, 0.717) is 5.69 Å². The van der Waals surface area contributed by atoms with Crippen LogP contribution in [0.15, 0.2) is 22.2 Å². The minimum absolute atomic E-state index is 0.0850. The summed E-state index contributed by atoms with van der Waals surface area (Å²) in [6.07, 6.45) is 3.63. The molecule has 1 aliphatic rings. The van der Waals surface area contributed by atoms with Crippen LogP contribution in [-0.4, -0.2) is 29.0 Å². The number of ether oxygens (including phenoxy) is 1. The second kappa shape index (κ2) is 7.90. The third-order valence-electron chi connectivity index (χ3n) is 4.02. The van der Waals surface area contributed by atoms with E-state index in [1.165, 1.54) is 11.3 Å². The molecule has 1 aliphatic carbocycles. The van der Waals surface area contributed by atoms with E-state index in [2.05, 4.69) is 10.3 Å². The molecule has 24 heavy (non-hydrogen) atoms. The van der Waals surface area contributed by atoms with Gasteiger partial charge in [0.15, 0.2) is 6.10 Å². The number of thiazole rings is 1. The average Bonchev–Trinajstić information content (AvgIpc) is 3.29. The Morgan fingerprint density at radius 2 is 2.17 bits per heavy atom. The maximum atomic E-state index is 12.0. The van der Waals surface area contributed by atoms with Gasteiger partial charge in [-0.1, -0.05) is 12.8 Å². The van der Waals surface area contributed by atoms with E-state index in [1.807, 2.05) is 22.2 Å². The molecule has 2 heterocycles. The van der Waals surface area contributed by atoms with Gasteiger partial charge in [0.1, 0.15) is 5.01 Å². The van der Waals surface area contributed by atoms with Gasteiger partial charge >= 0.3 is 5.97 Å². The molecule has 0 saturated heterocycles. The summed E-state index contributed by atoms with van der Waals surface area (Å²) in [7, 11) is 0. The molecule has 0 aromatic carbocycles. The van der Waals surface area contributed by atoms with Gasteiger partial charge in [-0.15, -0.1) is 11.3 Å². The fourth-order valence-electron chi connectivity index (χ4n) is 2.74. The lowest BCUT2D eigenvalue weighted by Crippen LogP contribution is -2.41. The van der Waals surface area contributed by atoms with Crippen molar-refractivity contribution in [1.82, 2.24) is 10.3 Å². The van der Waals surface area contributed by atoms with Crippen molar-refractivity contribution in [2.75, 3.05) is 0 Å². The van der Waals surface area contributed by atoms with Crippen LogP contribution in [0.3, 0.4) is 0 Å². The van der Waals surface area contributed by atoms with E-state index in [9.17, 15) is 9.59 Å². The van der Waals surface area contributed by atoms with Crippen molar-refractivity contribution in [2.45, 2.75) is 51.2 Å². The van der Waals surface area contributed by atoms with E-state index in [0.717, 1.165) is 36.3 Å². The molecular weight excluding hydrogens is 344 g/mol. The molecule has 1 saturated carbocycles. The first-order valence-corrected chi connectivity index (χ1v) is 9.91. The minimum atomic E-state index is -0.770. The van der Waals surface area contributed by atoms with Gasteiger partial charge in [0, 0.05) is 22.4 Å². The molecule has 2 aromatic rings. The van der Waals surface area contributed by atoms with E-state index >= 15 is 0 Å². The van der Waals surface area contributed by atoms with Crippen molar-refractivity contribution in [1.29, 1.82) is 0 Å². The lowest BCUT2D eigenvalue weighted by Gasteiger charge is -2.16. The second-order valence-corrected chi connectivity index (χ2v) is 7.59. The zero-order chi connectivity index (χ0) is 16.9. The molecule has 1 unspecified atom stereocenters. The molecule has 0 bridgehead atoms. The number of nitrogens with one attached hydrogen (secondary N) is 1.